The van der Waals surface area contributed by atoms with Gasteiger partial charge in [-0.2, -0.15) is 13.2 Å². The van der Waals surface area contributed by atoms with Gasteiger partial charge in [0.05, 0.1) is 13.6 Å². The fraction of sp³-hybridized carbons (Fsp3) is 0.400. The summed E-state index contributed by atoms with van der Waals surface area (Å²) in [6.45, 7) is 5.80. The smallest absolute Gasteiger partial charge is 0.416 e. The zero-order valence-corrected chi connectivity index (χ0v) is 9.81. The van der Waals surface area contributed by atoms with Crippen molar-refractivity contribution in [3.63, 3.8) is 0 Å². The molecule has 1 nitrogen and oxygen atoms in total. The van der Waals surface area contributed by atoms with Crippen LogP contribution in [0.1, 0.15) is 5.56 Å². The first-order chi connectivity index (χ1) is 6.60. The number of hydrogen-bond acceptors (Lipinski definition) is 1. The molecule has 0 heterocycles. The standard InChI is InChI=1S/C10H13F3OSi/c1-15(2,3)9-5-7(10(11,12)13)4-8(14)6-9/h4-6,14H,1-3H3. The Hall–Kier alpha value is -0.973. The molecule has 0 unspecified atom stereocenters. The molecule has 0 aliphatic rings. The van der Waals surface area contributed by atoms with Gasteiger partial charge in [0.15, 0.2) is 0 Å². The summed E-state index contributed by atoms with van der Waals surface area (Å²) in [5.41, 5.74) is -0.778. The predicted molar refractivity (Wildman–Crippen MR) is 56.1 cm³/mol. The van der Waals surface area contributed by atoms with Crippen molar-refractivity contribution in [2.45, 2.75) is 25.8 Å². The number of aromatic hydroxyl groups is 1. The summed E-state index contributed by atoms with van der Waals surface area (Å²) < 4.78 is 37.3. The Kier molecular flexibility index (Phi) is 2.87. The largest absolute Gasteiger partial charge is 0.508 e. The molecule has 0 saturated carbocycles. The minimum absolute atomic E-state index is 0.317. The van der Waals surface area contributed by atoms with Crippen LogP contribution in [-0.2, 0) is 6.18 Å². The average Bonchev–Trinajstić information content (AvgIpc) is 1.99. The third-order valence-electron chi connectivity index (χ3n) is 2.11. The fourth-order valence-corrected chi connectivity index (χ4v) is 2.38. The van der Waals surface area contributed by atoms with Crippen LogP contribution in [-0.4, -0.2) is 13.2 Å². The zero-order valence-electron chi connectivity index (χ0n) is 8.81. The van der Waals surface area contributed by atoms with E-state index in [-0.39, 0.29) is 5.75 Å². The summed E-state index contributed by atoms with van der Waals surface area (Å²) in [6, 6.07) is 3.30. The van der Waals surface area contributed by atoms with Crippen LogP contribution >= 0.6 is 0 Å². The lowest BCUT2D eigenvalue weighted by Crippen LogP contribution is -2.38. The molecular weight excluding hydrogens is 221 g/mol. The third-order valence-corrected chi connectivity index (χ3v) is 4.13. The van der Waals surface area contributed by atoms with Crippen LogP contribution in [0.2, 0.25) is 19.6 Å². The van der Waals surface area contributed by atoms with E-state index < -0.39 is 19.8 Å². The molecule has 1 aromatic carbocycles. The van der Waals surface area contributed by atoms with Crippen molar-refractivity contribution in [2.24, 2.45) is 0 Å². The van der Waals surface area contributed by atoms with Crippen molar-refractivity contribution < 1.29 is 18.3 Å². The quantitative estimate of drug-likeness (QED) is 0.741. The van der Waals surface area contributed by atoms with Crippen molar-refractivity contribution in [1.82, 2.24) is 0 Å². The van der Waals surface area contributed by atoms with Gasteiger partial charge in [-0.3, -0.25) is 0 Å². The van der Waals surface area contributed by atoms with E-state index >= 15 is 0 Å². The summed E-state index contributed by atoms with van der Waals surface area (Å²) in [4.78, 5) is 0. The van der Waals surface area contributed by atoms with E-state index in [0.717, 1.165) is 12.1 Å². The number of benzene rings is 1. The van der Waals surface area contributed by atoms with Gasteiger partial charge in [-0.25, -0.2) is 0 Å². The molecule has 84 valence electrons. The van der Waals surface area contributed by atoms with Gasteiger partial charge in [0.1, 0.15) is 5.75 Å². The van der Waals surface area contributed by atoms with Crippen LogP contribution in [0, 0.1) is 0 Å². The molecule has 0 amide bonds. The number of hydrogen-bond donors (Lipinski definition) is 1. The fourth-order valence-electron chi connectivity index (χ4n) is 1.21. The van der Waals surface area contributed by atoms with E-state index in [2.05, 4.69) is 0 Å². The SMILES string of the molecule is C[Si](C)(C)c1cc(O)cc(C(F)(F)F)c1. The lowest BCUT2D eigenvalue weighted by molar-refractivity contribution is -0.137. The minimum Gasteiger partial charge on any atom is -0.508 e. The normalized spacial score (nSPS) is 12.9. The maximum Gasteiger partial charge on any atom is 0.416 e. The van der Waals surface area contributed by atoms with E-state index in [1.165, 1.54) is 6.07 Å². The molecule has 0 fully saturated rings. The predicted octanol–water partition coefficient (Wildman–Crippen LogP) is 2.96. The number of rotatable bonds is 1. The van der Waals surface area contributed by atoms with Gasteiger partial charge < -0.3 is 5.11 Å². The molecule has 0 saturated heterocycles. The highest BCUT2D eigenvalue weighted by atomic mass is 28.3. The molecule has 0 aliphatic carbocycles. The molecular formula is C10H13F3OSi. The van der Waals surface area contributed by atoms with Crippen LogP contribution in [0.5, 0.6) is 5.75 Å². The van der Waals surface area contributed by atoms with Gasteiger partial charge in [-0.1, -0.05) is 30.9 Å². The Labute approximate surface area is 87.6 Å². The van der Waals surface area contributed by atoms with Gasteiger partial charge >= 0.3 is 6.18 Å². The topological polar surface area (TPSA) is 20.2 Å². The van der Waals surface area contributed by atoms with E-state index in [9.17, 15) is 18.3 Å². The van der Waals surface area contributed by atoms with Crippen LogP contribution in [0.15, 0.2) is 18.2 Å². The molecule has 0 aliphatic heterocycles. The lowest BCUT2D eigenvalue weighted by Gasteiger charge is -2.18. The second-order valence-electron chi connectivity index (χ2n) is 4.52. The second kappa shape index (κ2) is 3.55. The lowest BCUT2D eigenvalue weighted by atomic mass is 10.2. The summed E-state index contributed by atoms with van der Waals surface area (Å²) >= 11 is 0. The third kappa shape index (κ3) is 2.99. The Morgan fingerprint density at radius 2 is 1.60 bits per heavy atom. The maximum atomic E-state index is 12.4. The van der Waals surface area contributed by atoms with Gasteiger partial charge in [0.2, 0.25) is 0 Å². The number of phenols is 1. The minimum atomic E-state index is -4.40. The van der Waals surface area contributed by atoms with E-state index in [1.807, 2.05) is 19.6 Å². The molecule has 15 heavy (non-hydrogen) atoms. The Bertz CT molecular complexity index is 334. The van der Waals surface area contributed by atoms with Crippen LogP contribution < -0.4 is 5.19 Å². The summed E-state index contributed by atoms with van der Waals surface area (Å²) in [7, 11) is -1.83. The molecule has 0 aromatic heterocycles. The summed E-state index contributed by atoms with van der Waals surface area (Å²) in [5, 5.41) is 9.85. The maximum absolute atomic E-state index is 12.4. The molecule has 1 rings (SSSR count). The highest BCUT2D eigenvalue weighted by molar-refractivity contribution is 6.88. The molecule has 1 N–H and O–H groups in total. The second-order valence-corrected chi connectivity index (χ2v) is 9.59. The summed E-state index contributed by atoms with van der Waals surface area (Å²) in [6.07, 6.45) is -4.40. The van der Waals surface area contributed by atoms with Gasteiger partial charge in [0.25, 0.3) is 0 Å². The summed E-state index contributed by atoms with van der Waals surface area (Å²) in [5.74, 6) is -0.317. The number of phenolic OH excluding ortho intramolecular Hbond substituents is 1. The molecule has 5 heteroatoms. The van der Waals surface area contributed by atoms with Gasteiger partial charge in [-0.15, -0.1) is 0 Å². The number of alkyl halides is 3. The number of halogens is 3. The van der Waals surface area contributed by atoms with Gasteiger partial charge in [0, 0.05) is 0 Å². The van der Waals surface area contributed by atoms with Crippen LogP contribution in [0.25, 0.3) is 0 Å². The van der Waals surface area contributed by atoms with Crippen molar-refractivity contribution in [1.29, 1.82) is 0 Å². The van der Waals surface area contributed by atoms with Gasteiger partial charge in [-0.05, 0) is 12.1 Å². The highest BCUT2D eigenvalue weighted by Gasteiger charge is 2.32. The Morgan fingerprint density at radius 1 is 1.07 bits per heavy atom. The molecule has 0 spiro atoms. The van der Waals surface area contributed by atoms with Crippen molar-refractivity contribution in [2.75, 3.05) is 0 Å². The first-order valence-electron chi connectivity index (χ1n) is 4.52. The van der Waals surface area contributed by atoms with Crippen molar-refractivity contribution in [3.8, 4) is 5.75 Å². The zero-order chi connectivity index (χ0) is 11.9. The average molecular weight is 234 g/mol. The van der Waals surface area contributed by atoms with Crippen molar-refractivity contribution >= 4 is 13.3 Å². The van der Waals surface area contributed by atoms with E-state index in [1.54, 1.807) is 0 Å². The first-order valence-corrected chi connectivity index (χ1v) is 8.02. The Balaban J connectivity index is 3.30. The monoisotopic (exact) mass is 234 g/mol. The van der Waals surface area contributed by atoms with E-state index in [4.69, 9.17) is 0 Å². The van der Waals surface area contributed by atoms with Crippen LogP contribution in [0.4, 0.5) is 13.2 Å². The first kappa shape index (κ1) is 12.1. The highest BCUT2D eigenvalue weighted by Crippen LogP contribution is 2.31. The van der Waals surface area contributed by atoms with Crippen LogP contribution in [0.3, 0.4) is 0 Å². The molecule has 1 aromatic rings. The molecule has 0 atom stereocenters. The molecule has 0 bridgehead atoms. The molecule has 0 radical (unpaired) electrons. The Morgan fingerprint density at radius 3 is 2.00 bits per heavy atom. The van der Waals surface area contributed by atoms with Crippen molar-refractivity contribution in [3.05, 3.63) is 23.8 Å². The van der Waals surface area contributed by atoms with E-state index in [0.29, 0.717) is 5.19 Å².